The van der Waals surface area contributed by atoms with Crippen LogP contribution >= 0.6 is 15.9 Å². The zero-order chi connectivity index (χ0) is 14.2. The fourth-order valence-corrected chi connectivity index (χ4v) is 1.84. The summed E-state index contributed by atoms with van der Waals surface area (Å²) in [7, 11) is 0. The van der Waals surface area contributed by atoms with Crippen molar-refractivity contribution in [2.45, 2.75) is 6.18 Å². The molecule has 0 saturated heterocycles. The van der Waals surface area contributed by atoms with Gasteiger partial charge in [-0.15, -0.1) is 0 Å². The van der Waals surface area contributed by atoms with Gasteiger partial charge in [-0.1, -0.05) is 0 Å². The normalized spacial score (nSPS) is 11.6. The summed E-state index contributed by atoms with van der Waals surface area (Å²) in [4.78, 5) is 9.84. The van der Waals surface area contributed by atoms with Gasteiger partial charge in [0.15, 0.2) is 0 Å². The van der Waals surface area contributed by atoms with Crippen LogP contribution in [-0.2, 0) is 6.18 Å². The molecule has 5 nitrogen and oxygen atoms in total. The number of aromatic nitrogens is 2. The summed E-state index contributed by atoms with van der Waals surface area (Å²) in [6.45, 7) is 0. The van der Waals surface area contributed by atoms with Crippen molar-refractivity contribution in [2.75, 3.05) is 0 Å². The van der Waals surface area contributed by atoms with Crippen LogP contribution in [0.25, 0.3) is 5.69 Å². The highest BCUT2D eigenvalue weighted by Crippen LogP contribution is 2.32. The third-order valence-electron chi connectivity index (χ3n) is 2.28. The third kappa shape index (κ3) is 2.75. The molecule has 0 spiro atoms. The monoisotopic (exact) mass is 335 g/mol. The van der Waals surface area contributed by atoms with E-state index in [0.717, 1.165) is 18.2 Å². The first kappa shape index (κ1) is 13.5. The number of alkyl halides is 3. The number of nitrogens with zero attached hydrogens (tertiary/aromatic N) is 3. The molecule has 19 heavy (non-hydrogen) atoms. The SMILES string of the molecule is O=[N+]([O-])c1ccc(-n2nc(Br)cc2C(F)(F)F)cc1. The van der Waals surface area contributed by atoms with Gasteiger partial charge in [0, 0.05) is 18.2 Å². The Morgan fingerprint density at radius 3 is 2.32 bits per heavy atom. The summed E-state index contributed by atoms with van der Waals surface area (Å²) in [6.07, 6.45) is -4.57. The fourth-order valence-electron chi connectivity index (χ4n) is 1.47. The Morgan fingerprint density at radius 2 is 1.84 bits per heavy atom. The Hall–Kier alpha value is -1.90. The molecule has 1 heterocycles. The molecule has 1 aromatic heterocycles. The van der Waals surface area contributed by atoms with Gasteiger partial charge in [-0.25, -0.2) is 4.68 Å². The zero-order valence-corrected chi connectivity index (χ0v) is 10.6. The van der Waals surface area contributed by atoms with Gasteiger partial charge in [0.1, 0.15) is 10.3 Å². The van der Waals surface area contributed by atoms with Crippen LogP contribution in [0.3, 0.4) is 0 Å². The molecule has 0 saturated carbocycles. The number of hydrogen-bond donors (Lipinski definition) is 0. The third-order valence-corrected chi connectivity index (χ3v) is 2.66. The molecule has 0 bridgehead atoms. The number of nitro groups is 1. The Kier molecular flexibility index (Phi) is 3.31. The van der Waals surface area contributed by atoms with E-state index >= 15 is 0 Å². The zero-order valence-electron chi connectivity index (χ0n) is 9.06. The van der Waals surface area contributed by atoms with E-state index < -0.39 is 16.8 Å². The van der Waals surface area contributed by atoms with Crippen LogP contribution in [0.1, 0.15) is 5.69 Å². The van der Waals surface area contributed by atoms with E-state index in [1.54, 1.807) is 0 Å². The Bertz CT molecular complexity index is 622. The van der Waals surface area contributed by atoms with Gasteiger partial charge in [0.25, 0.3) is 5.69 Å². The van der Waals surface area contributed by atoms with Crippen molar-refractivity contribution >= 4 is 21.6 Å². The highest BCUT2D eigenvalue weighted by atomic mass is 79.9. The second-order valence-electron chi connectivity index (χ2n) is 3.54. The summed E-state index contributed by atoms with van der Waals surface area (Å²) in [5, 5.41) is 14.1. The van der Waals surface area contributed by atoms with Crippen LogP contribution in [0, 0.1) is 10.1 Å². The van der Waals surface area contributed by atoms with E-state index in [1.165, 1.54) is 12.1 Å². The lowest BCUT2D eigenvalue weighted by atomic mass is 10.3. The molecule has 100 valence electrons. The van der Waals surface area contributed by atoms with Crippen LogP contribution in [0.4, 0.5) is 18.9 Å². The smallest absolute Gasteiger partial charge is 0.258 e. The number of rotatable bonds is 2. The molecule has 0 unspecified atom stereocenters. The lowest BCUT2D eigenvalue weighted by Gasteiger charge is -2.09. The number of benzene rings is 1. The average Bonchev–Trinajstić information content (AvgIpc) is 2.71. The number of halogens is 4. The van der Waals surface area contributed by atoms with Gasteiger partial charge in [-0.2, -0.15) is 18.3 Å². The van der Waals surface area contributed by atoms with Crippen molar-refractivity contribution in [3.63, 3.8) is 0 Å². The van der Waals surface area contributed by atoms with Gasteiger partial charge in [-0.05, 0) is 28.1 Å². The fraction of sp³-hybridized carbons (Fsp3) is 0.100. The van der Waals surface area contributed by atoms with Gasteiger partial charge >= 0.3 is 6.18 Å². The maximum absolute atomic E-state index is 12.8. The lowest BCUT2D eigenvalue weighted by Crippen LogP contribution is -2.13. The molecule has 2 rings (SSSR count). The minimum Gasteiger partial charge on any atom is -0.258 e. The summed E-state index contributed by atoms with van der Waals surface area (Å²) in [5.74, 6) is 0. The summed E-state index contributed by atoms with van der Waals surface area (Å²) in [5.41, 5.74) is -1.08. The molecule has 9 heteroatoms. The van der Waals surface area contributed by atoms with Crippen LogP contribution in [0.5, 0.6) is 0 Å². The van der Waals surface area contributed by atoms with Crippen LogP contribution < -0.4 is 0 Å². The molecule has 0 aliphatic rings. The van der Waals surface area contributed by atoms with Crippen LogP contribution in [0.2, 0.25) is 0 Å². The van der Waals surface area contributed by atoms with Crippen LogP contribution in [-0.4, -0.2) is 14.7 Å². The quantitative estimate of drug-likeness (QED) is 0.622. The van der Waals surface area contributed by atoms with E-state index in [1.807, 2.05) is 0 Å². The topological polar surface area (TPSA) is 61.0 Å². The van der Waals surface area contributed by atoms with Crippen molar-refractivity contribution in [1.82, 2.24) is 9.78 Å². The Labute approximate surface area is 112 Å². The molecule has 0 N–H and O–H groups in total. The Balaban J connectivity index is 2.50. The molecule has 0 fully saturated rings. The van der Waals surface area contributed by atoms with Crippen LogP contribution in [0.15, 0.2) is 34.9 Å². The molecule has 0 amide bonds. The van der Waals surface area contributed by atoms with Crippen molar-refractivity contribution in [3.8, 4) is 5.69 Å². The van der Waals surface area contributed by atoms with E-state index in [2.05, 4.69) is 21.0 Å². The van der Waals surface area contributed by atoms with Gasteiger partial charge in [-0.3, -0.25) is 10.1 Å². The molecule has 0 atom stereocenters. The first-order valence-electron chi connectivity index (χ1n) is 4.86. The number of hydrogen-bond acceptors (Lipinski definition) is 3. The van der Waals surface area contributed by atoms with Gasteiger partial charge in [0.05, 0.1) is 10.6 Å². The van der Waals surface area contributed by atoms with Gasteiger partial charge in [0.2, 0.25) is 0 Å². The van der Waals surface area contributed by atoms with E-state index in [0.29, 0.717) is 4.68 Å². The first-order chi connectivity index (χ1) is 8.79. The first-order valence-corrected chi connectivity index (χ1v) is 5.66. The summed E-state index contributed by atoms with van der Waals surface area (Å²) in [6, 6.07) is 5.47. The highest BCUT2D eigenvalue weighted by molar-refractivity contribution is 9.10. The maximum atomic E-state index is 12.8. The lowest BCUT2D eigenvalue weighted by molar-refractivity contribution is -0.384. The van der Waals surface area contributed by atoms with Crippen molar-refractivity contribution < 1.29 is 18.1 Å². The van der Waals surface area contributed by atoms with Gasteiger partial charge < -0.3 is 0 Å². The summed E-state index contributed by atoms with van der Waals surface area (Å²) >= 11 is 2.87. The summed E-state index contributed by atoms with van der Waals surface area (Å²) < 4.78 is 39.0. The average molecular weight is 336 g/mol. The predicted octanol–water partition coefficient (Wildman–Crippen LogP) is 3.56. The predicted molar refractivity (Wildman–Crippen MR) is 62.9 cm³/mol. The largest absolute Gasteiger partial charge is 0.433 e. The van der Waals surface area contributed by atoms with E-state index in [-0.39, 0.29) is 16.0 Å². The molecule has 0 radical (unpaired) electrons. The second kappa shape index (κ2) is 4.65. The standard InChI is InChI=1S/C10H5BrF3N3O2/c11-9-5-8(10(12,13)14)16(15-9)6-1-3-7(4-2-6)17(18)19/h1-5H. The Morgan fingerprint density at radius 1 is 1.26 bits per heavy atom. The maximum Gasteiger partial charge on any atom is 0.433 e. The molecule has 0 aliphatic heterocycles. The van der Waals surface area contributed by atoms with Crippen molar-refractivity contribution in [2.24, 2.45) is 0 Å². The van der Waals surface area contributed by atoms with Crippen molar-refractivity contribution in [3.05, 3.63) is 50.7 Å². The van der Waals surface area contributed by atoms with E-state index in [9.17, 15) is 23.3 Å². The highest BCUT2D eigenvalue weighted by Gasteiger charge is 2.36. The molecular formula is C10H5BrF3N3O2. The number of nitro benzene ring substituents is 1. The second-order valence-corrected chi connectivity index (χ2v) is 4.35. The minimum absolute atomic E-state index is 0.0261. The number of non-ortho nitro benzene ring substituents is 1. The van der Waals surface area contributed by atoms with Crippen molar-refractivity contribution in [1.29, 1.82) is 0 Å². The molecule has 2 aromatic rings. The molecular weight excluding hydrogens is 331 g/mol. The molecule has 1 aromatic carbocycles. The minimum atomic E-state index is -4.57. The van der Waals surface area contributed by atoms with E-state index in [4.69, 9.17) is 0 Å². The molecule has 0 aliphatic carbocycles.